The number of fused-ring (bicyclic) bond motifs is 3. The number of likely N-dealkylation sites (tertiary alicyclic amines) is 1. The predicted molar refractivity (Wildman–Crippen MR) is 94.6 cm³/mol. The average Bonchev–Trinajstić information content (AvgIpc) is 3.02. The molecule has 2 heterocycles. The molecule has 1 amide bonds. The predicted octanol–water partition coefficient (Wildman–Crippen LogP) is 0.435. The van der Waals surface area contributed by atoms with Gasteiger partial charge in [-0.15, -0.1) is 0 Å². The summed E-state index contributed by atoms with van der Waals surface area (Å²) in [7, 11) is 0.469. The number of hydrogen-bond acceptors (Lipinski definition) is 4. The lowest BCUT2D eigenvalue weighted by Crippen LogP contribution is -2.49. The van der Waals surface area contributed by atoms with Crippen LogP contribution in [0.1, 0.15) is 46.9 Å². The van der Waals surface area contributed by atoms with Gasteiger partial charge < -0.3 is 19.5 Å². The molecule has 7 heteroatoms. The Bertz CT molecular complexity index is 805. The summed E-state index contributed by atoms with van der Waals surface area (Å²) in [5.74, 6) is 0.269. The lowest BCUT2D eigenvalue weighted by Gasteiger charge is -2.43. The van der Waals surface area contributed by atoms with Crippen molar-refractivity contribution in [3.8, 4) is 0 Å². The van der Waals surface area contributed by atoms with Gasteiger partial charge in [-0.3, -0.25) is 4.79 Å². The van der Waals surface area contributed by atoms with Gasteiger partial charge in [0.25, 0.3) is 5.91 Å². The lowest BCUT2D eigenvalue weighted by molar-refractivity contribution is 0.0542. The van der Waals surface area contributed by atoms with Crippen LogP contribution in [0.15, 0.2) is 30.6 Å². The zero-order chi connectivity index (χ0) is 17.6. The number of aryl methyl sites for hydroxylation is 1. The van der Waals surface area contributed by atoms with Crippen LogP contribution in [-0.2, 0) is 13.5 Å². The third-order valence-electron chi connectivity index (χ3n) is 5.59. The molecule has 1 aromatic heterocycles. The first-order valence-corrected chi connectivity index (χ1v) is 8.83. The standard InChI is InChI=1S/C18H22BN3O3/c1-21-11-20-17-14-6-3-9-22(15(14)7-8-16(17)21)18(23)12-4-2-5-13(10-12)19(24)25/h2,4-5,10-11,14-15,24-25H,3,6-9H2,1H3. The Hall–Kier alpha value is -2.12. The van der Waals surface area contributed by atoms with Gasteiger partial charge in [0.1, 0.15) is 0 Å². The SMILES string of the molecule is Cn1cnc2c1CCC1C2CCCN1C(=O)c1cccc(B(O)O)c1. The molecule has 25 heavy (non-hydrogen) atoms. The second kappa shape index (κ2) is 6.31. The first-order valence-electron chi connectivity index (χ1n) is 8.83. The average molecular weight is 339 g/mol. The molecular weight excluding hydrogens is 317 g/mol. The molecule has 2 N–H and O–H groups in total. The number of carbonyl (C=O) groups is 1. The molecule has 0 saturated carbocycles. The molecule has 0 radical (unpaired) electrons. The molecule has 1 aromatic carbocycles. The highest BCUT2D eigenvalue weighted by atomic mass is 16.4. The monoisotopic (exact) mass is 339 g/mol. The fourth-order valence-corrected chi connectivity index (χ4v) is 4.36. The number of rotatable bonds is 2. The van der Waals surface area contributed by atoms with Gasteiger partial charge in [-0.25, -0.2) is 4.98 Å². The minimum absolute atomic E-state index is 0.0309. The third-order valence-corrected chi connectivity index (χ3v) is 5.59. The Balaban J connectivity index is 1.63. The van der Waals surface area contributed by atoms with Crippen molar-refractivity contribution in [3.63, 3.8) is 0 Å². The molecule has 1 aliphatic heterocycles. The van der Waals surface area contributed by atoms with Crippen LogP contribution in [0, 0.1) is 0 Å². The molecule has 1 fully saturated rings. The van der Waals surface area contributed by atoms with E-state index in [1.165, 1.54) is 5.69 Å². The zero-order valence-electron chi connectivity index (χ0n) is 14.3. The maximum absolute atomic E-state index is 13.1. The fourth-order valence-electron chi connectivity index (χ4n) is 4.36. The zero-order valence-corrected chi connectivity index (χ0v) is 14.3. The summed E-state index contributed by atoms with van der Waals surface area (Å²) >= 11 is 0. The molecule has 2 aliphatic rings. The maximum atomic E-state index is 13.1. The van der Waals surface area contributed by atoms with E-state index in [2.05, 4.69) is 9.55 Å². The lowest BCUT2D eigenvalue weighted by atomic mass is 9.77. The maximum Gasteiger partial charge on any atom is 0.488 e. The van der Waals surface area contributed by atoms with Crippen LogP contribution in [0.5, 0.6) is 0 Å². The Morgan fingerprint density at radius 1 is 1.32 bits per heavy atom. The highest BCUT2D eigenvalue weighted by Crippen LogP contribution is 2.40. The number of amides is 1. The van der Waals surface area contributed by atoms with Crippen LogP contribution in [-0.4, -0.2) is 50.1 Å². The minimum atomic E-state index is -1.56. The van der Waals surface area contributed by atoms with Gasteiger partial charge in [0.2, 0.25) is 0 Å². The molecule has 2 atom stereocenters. The van der Waals surface area contributed by atoms with Crippen molar-refractivity contribution in [1.29, 1.82) is 0 Å². The number of piperidine rings is 1. The number of hydrogen-bond donors (Lipinski definition) is 2. The van der Waals surface area contributed by atoms with Crippen molar-refractivity contribution in [2.45, 2.75) is 37.6 Å². The van der Waals surface area contributed by atoms with Crippen molar-refractivity contribution >= 4 is 18.5 Å². The molecule has 1 aliphatic carbocycles. The minimum Gasteiger partial charge on any atom is -0.423 e. The number of nitrogens with zero attached hydrogens (tertiary/aromatic N) is 3. The Morgan fingerprint density at radius 2 is 2.16 bits per heavy atom. The van der Waals surface area contributed by atoms with E-state index in [0.717, 1.165) is 37.9 Å². The summed E-state index contributed by atoms with van der Waals surface area (Å²) < 4.78 is 2.10. The van der Waals surface area contributed by atoms with E-state index in [1.54, 1.807) is 24.3 Å². The quantitative estimate of drug-likeness (QED) is 0.778. The number of benzene rings is 1. The van der Waals surface area contributed by atoms with Crippen LogP contribution in [0.25, 0.3) is 0 Å². The smallest absolute Gasteiger partial charge is 0.423 e. The van der Waals surface area contributed by atoms with Gasteiger partial charge in [-0.1, -0.05) is 12.1 Å². The number of imidazole rings is 1. The summed E-state index contributed by atoms with van der Waals surface area (Å²) in [5.41, 5.74) is 3.30. The summed E-state index contributed by atoms with van der Waals surface area (Å²) in [4.78, 5) is 19.7. The van der Waals surface area contributed by atoms with Crippen LogP contribution in [0.3, 0.4) is 0 Å². The first kappa shape index (κ1) is 16.4. The molecule has 2 unspecified atom stereocenters. The van der Waals surface area contributed by atoms with Gasteiger partial charge >= 0.3 is 7.12 Å². The van der Waals surface area contributed by atoms with E-state index in [0.29, 0.717) is 16.9 Å². The van der Waals surface area contributed by atoms with E-state index >= 15 is 0 Å². The molecule has 0 spiro atoms. The molecule has 2 aromatic rings. The molecule has 4 rings (SSSR count). The summed E-state index contributed by atoms with van der Waals surface area (Å²) in [6.07, 6.45) is 5.79. The van der Waals surface area contributed by atoms with Crippen molar-refractivity contribution in [1.82, 2.24) is 14.5 Å². The first-order chi connectivity index (χ1) is 12.1. The van der Waals surface area contributed by atoms with Crippen LogP contribution >= 0.6 is 0 Å². The summed E-state index contributed by atoms with van der Waals surface area (Å²) in [6.45, 7) is 0.744. The van der Waals surface area contributed by atoms with Gasteiger partial charge in [0.15, 0.2) is 0 Å². The van der Waals surface area contributed by atoms with E-state index in [9.17, 15) is 14.8 Å². The van der Waals surface area contributed by atoms with Crippen molar-refractivity contribution in [3.05, 3.63) is 47.5 Å². The Morgan fingerprint density at radius 3 is 2.96 bits per heavy atom. The van der Waals surface area contributed by atoms with Crippen LogP contribution in [0.4, 0.5) is 0 Å². The van der Waals surface area contributed by atoms with Crippen molar-refractivity contribution < 1.29 is 14.8 Å². The second-order valence-electron chi connectivity index (χ2n) is 7.04. The van der Waals surface area contributed by atoms with Crippen LogP contribution in [0.2, 0.25) is 0 Å². The summed E-state index contributed by atoms with van der Waals surface area (Å²) in [6, 6.07) is 6.80. The largest absolute Gasteiger partial charge is 0.488 e. The van der Waals surface area contributed by atoms with E-state index in [4.69, 9.17) is 0 Å². The van der Waals surface area contributed by atoms with E-state index in [-0.39, 0.29) is 11.9 Å². The highest BCUT2D eigenvalue weighted by Gasteiger charge is 2.40. The molecular formula is C18H22BN3O3. The second-order valence-corrected chi connectivity index (χ2v) is 7.04. The van der Waals surface area contributed by atoms with Gasteiger partial charge in [0, 0.05) is 36.8 Å². The van der Waals surface area contributed by atoms with Gasteiger partial charge in [0.05, 0.1) is 12.0 Å². The molecule has 1 saturated heterocycles. The number of aromatic nitrogens is 2. The molecule has 130 valence electrons. The highest BCUT2D eigenvalue weighted by molar-refractivity contribution is 6.58. The van der Waals surface area contributed by atoms with E-state index in [1.807, 2.05) is 18.3 Å². The molecule has 6 nitrogen and oxygen atoms in total. The normalized spacial score (nSPS) is 22.3. The van der Waals surface area contributed by atoms with Crippen LogP contribution < -0.4 is 5.46 Å². The van der Waals surface area contributed by atoms with Gasteiger partial charge in [-0.05, 0) is 43.3 Å². The van der Waals surface area contributed by atoms with Crippen molar-refractivity contribution in [2.24, 2.45) is 7.05 Å². The fraction of sp³-hybridized carbons (Fsp3) is 0.444. The van der Waals surface area contributed by atoms with Crippen molar-refractivity contribution in [2.75, 3.05) is 6.54 Å². The Labute approximate surface area is 147 Å². The Kier molecular flexibility index (Phi) is 4.13. The van der Waals surface area contributed by atoms with E-state index < -0.39 is 7.12 Å². The summed E-state index contributed by atoms with van der Waals surface area (Å²) in [5, 5.41) is 18.7. The topological polar surface area (TPSA) is 78.6 Å². The van der Waals surface area contributed by atoms with Gasteiger partial charge in [-0.2, -0.15) is 0 Å². The molecule has 0 bridgehead atoms. The number of carbonyl (C=O) groups excluding carboxylic acids is 1. The third kappa shape index (κ3) is 2.77.